The van der Waals surface area contributed by atoms with Crippen LogP contribution >= 0.6 is 23.2 Å². The Morgan fingerprint density at radius 2 is 1.19 bits per heavy atom. The van der Waals surface area contributed by atoms with E-state index in [9.17, 15) is 35.1 Å². The second kappa shape index (κ2) is 3.16. The summed E-state index contributed by atoms with van der Waals surface area (Å²) in [5.41, 5.74) is 0. The van der Waals surface area contributed by atoms with E-state index in [1.807, 2.05) is 0 Å². The normalized spacial score (nSPS) is 36.4. The van der Waals surface area contributed by atoms with Gasteiger partial charge in [0.2, 0.25) is 0 Å². The first-order valence-electron chi connectivity index (χ1n) is 3.39. The van der Waals surface area contributed by atoms with Gasteiger partial charge in [-0.05, 0) is 0 Å². The summed E-state index contributed by atoms with van der Waals surface area (Å²) >= 11 is 8.55. The molecule has 1 unspecified atom stereocenters. The third kappa shape index (κ3) is 1.23. The van der Waals surface area contributed by atoms with Gasteiger partial charge in [0.15, 0.2) is 5.83 Å². The Kier molecular flexibility index (Phi) is 2.73. The average molecular weight is 295 g/mol. The van der Waals surface area contributed by atoms with Crippen molar-refractivity contribution < 1.29 is 35.1 Å². The molecule has 0 heterocycles. The molecule has 0 aliphatic heterocycles. The Hall–Kier alpha value is -0.240. The molecule has 0 aromatic rings. The van der Waals surface area contributed by atoms with E-state index in [1.54, 1.807) is 0 Å². The second-order valence-electron chi connectivity index (χ2n) is 2.93. The molecule has 0 saturated heterocycles. The molecule has 0 aromatic heterocycles. The standard InChI is InChI=1S/C6Cl2F8/c7-1-2(9)3(8,10)5(13,14)6(15,16)4(1,11)12. The van der Waals surface area contributed by atoms with Gasteiger partial charge in [0, 0.05) is 0 Å². The third-order valence-electron chi connectivity index (χ3n) is 1.93. The average Bonchev–Trinajstić information content (AvgIpc) is 2.12. The van der Waals surface area contributed by atoms with Crippen LogP contribution in [-0.4, -0.2) is 22.9 Å². The van der Waals surface area contributed by atoms with Crippen LogP contribution in [0.2, 0.25) is 0 Å². The molecule has 1 aliphatic rings. The zero-order valence-electron chi connectivity index (χ0n) is 6.78. The number of halogens is 10. The highest BCUT2D eigenvalue weighted by atomic mass is 35.5. The molecule has 0 nitrogen and oxygen atoms in total. The Morgan fingerprint density at radius 1 is 0.812 bits per heavy atom. The van der Waals surface area contributed by atoms with Crippen LogP contribution in [0.25, 0.3) is 0 Å². The van der Waals surface area contributed by atoms with Gasteiger partial charge < -0.3 is 0 Å². The largest absolute Gasteiger partial charge is 0.382 e. The molecule has 0 bridgehead atoms. The molecule has 0 spiro atoms. The summed E-state index contributed by atoms with van der Waals surface area (Å²) in [6.45, 7) is 0. The minimum atomic E-state index is -6.25. The summed E-state index contributed by atoms with van der Waals surface area (Å²) in [5, 5.41) is -7.80. The Balaban J connectivity index is 3.64. The summed E-state index contributed by atoms with van der Waals surface area (Å²) in [6.07, 6.45) is 0. The van der Waals surface area contributed by atoms with E-state index in [0.29, 0.717) is 0 Å². The third-order valence-corrected chi connectivity index (χ3v) is 2.73. The highest BCUT2D eigenvalue weighted by Gasteiger charge is 2.85. The van der Waals surface area contributed by atoms with Gasteiger partial charge in [0.1, 0.15) is 5.03 Å². The lowest BCUT2D eigenvalue weighted by Crippen LogP contribution is -2.65. The first kappa shape index (κ1) is 13.8. The molecular formula is C6Cl2F8. The lowest BCUT2D eigenvalue weighted by molar-refractivity contribution is -0.324. The maximum atomic E-state index is 12.8. The van der Waals surface area contributed by atoms with Crippen molar-refractivity contribution in [3.63, 3.8) is 0 Å². The molecule has 0 N–H and O–H groups in total. The van der Waals surface area contributed by atoms with Gasteiger partial charge in [-0.25, -0.2) is 8.78 Å². The predicted molar refractivity (Wildman–Crippen MR) is 38.5 cm³/mol. The highest BCUT2D eigenvalue weighted by Crippen LogP contribution is 2.63. The van der Waals surface area contributed by atoms with Crippen molar-refractivity contribution in [2.24, 2.45) is 0 Å². The molecule has 16 heavy (non-hydrogen) atoms. The molecular weight excluding hydrogens is 295 g/mol. The van der Waals surface area contributed by atoms with E-state index in [-0.39, 0.29) is 0 Å². The molecule has 0 fully saturated rings. The number of rotatable bonds is 0. The predicted octanol–water partition coefficient (Wildman–Crippen LogP) is 4.23. The van der Waals surface area contributed by atoms with Gasteiger partial charge in [0.25, 0.3) is 0 Å². The van der Waals surface area contributed by atoms with E-state index in [4.69, 9.17) is 0 Å². The maximum absolute atomic E-state index is 12.8. The van der Waals surface area contributed by atoms with Crippen LogP contribution in [0.1, 0.15) is 0 Å². The van der Waals surface area contributed by atoms with Crippen LogP contribution in [0, 0.1) is 0 Å². The number of hydrogen-bond donors (Lipinski definition) is 0. The minimum Gasteiger partial charge on any atom is -0.211 e. The van der Waals surface area contributed by atoms with E-state index in [0.717, 1.165) is 0 Å². The van der Waals surface area contributed by atoms with Crippen molar-refractivity contribution in [1.29, 1.82) is 0 Å². The minimum absolute atomic E-state index is 2.68. The Morgan fingerprint density at radius 3 is 1.56 bits per heavy atom. The second-order valence-corrected chi connectivity index (χ2v) is 3.82. The fraction of sp³-hybridized carbons (Fsp3) is 0.667. The van der Waals surface area contributed by atoms with Crippen molar-refractivity contribution in [2.75, 3.05) is 0 Å². The van der Waals surface area contributed by atoms with E-state index < -0.39 is 33.8 Å². The zero-order chi connectivity index (χ0) is 13.2. The van der Waals surface area contributed by atoms with Gasteiger partial charge >= 0.3 is 22.9 Å². The topological polar surface area (TPSA) is 0 Å². The van der Waals surface area contributed by atoms with E-state index in [1.165, 1.54) is 0 Å². The van der Waals surface area contributed by atoms with Crippen LogP contribution in [0.5, 0.6) is 0 Å². The molecule has 0 radical (unpaired) electrons. The lowest BCUT2D eigenvalue weighted by atomic mass is 9.92. The van der Waals surface area contributed by atoms with Gasteiger partial charge in [-0.15, -0.1) is 0 Å². The first-order valence-corrected chi connectivity index (χ1v) is 4.15. The highest BCUT2D eigenvalue weighted by molar-refractivity contribution is 6.33. The smallest absolute Gasteiger partial charge is 0.211 e. The van der Waals surface area contributed by atoms with Crippen molar-refractivity contribution in [3.05, 3.63) is 10.9 Å². The van der Waals surface area contributed by atoms with Gasteiger partial charge in [0.05, 0.1) is 0 Å². The molecule has 1 aliphatic carbocycles. The quantitative estimate of drug-likeness (QED) is 0.463. The van der Waals surface area contributed by atoms with Crippen molar-refractivity contribution in [3.8, 4) is 0 Å². The van der Waals surface area contributed by atoms with E-state index in [2.05, 4.69) is 23.2 Å². The summed E-state index contributed by atoms with van der Waals surface area (Å²) in [7, 11) is 0. The van der Waals surface area contributed by atoms with Gasteiger partial charge in [-0.1, -0.05) is 23.2 Å². The van der Waals surface area contributed by atoms with Crippen LogP contribution < -0.4 is 0 Å². The SMILES string of the molecule is FC1=C(Cl)C(F)(F)C(F)(F)C(F)(F)C1(F)Cl. The molecule has 1 rings (SSSR count). The van der Waals surface area contributed by atoms with Gasteiger partial charge in [-0.3, -0.25) is 0 Å². The molecule has 0 amide bonds. The summed E-state index contributed by atoms with van der Waals surface area (Å²) < 4.78 is 101. The Labute approximate surface area is 92.8 Å². The van der Waals surface area contributed by atoms with Crippen LogP contribution in [0.3, 0.4) is 0 Å². The monoisotopic (exact) mass is 294 g/mol. The number of hydrogen-bond acceptors (Lipinski definition) is 0. The van der Waals surface area contributed by atoms with E-state index >= 15 is 0 Å². The summed E-state index contributed by atoms with van der Waals surface area (Å²) in [5.74, 6) is -21.2. The first-order chi connectivity index (χ1) is 6.82. The zero-order valence-corrected chi connectivity index (χ0v) is 8.29. The Bertz CT molecular complexity index is 324. The van der Waals surface area contributed by atoms with Crippen molar-refractivity contribution >= 4 is 23.2 Å². The fourth-order valence-electron chi connectivity index (χ4n) is 0.946. The number of alkyl halides is 8. The summed E-state index contributed by atoms with van der Waals surface area (Å²) in [4.78, 5) is 0. The number of allylic oxidation sites excluding steroid dienone is 2. The molecule has 0 saturated carbocycles. The maximum Gasteiger partial charge on any atom is 0.382 e. The molecule has 0 aromatic carbocycles. The summed E-state index contributed by atoms with van der Waals surface area (Å²) in [6, 6.07) is 0. The van der Waals surface area contributed by atoms with Crippen LogP contribution in [0.15, 0.2) is 10.9 Å². The van der Waals surface area contributed by atoms with Crippen molar-refractivity contribution in [2.45, 2.75) is 22.9 Å². The fourth-order valence-corrected chi connectivity index (χ4v) is 1.46. The molecule has 94 valence electrons. The van der Waals surface area contributed by atoms with Gasteiger partial charge in [-0.2, -0.15) is 26.3 Å². The molecule has 10 heteroatoms. The van der Waals surface area contributed by atoms with Crippen LogP contribution in [-0.2, 0) is 0 Å². The van der Waals surface area contributed by atoms with Crippen LogP contribution in [0.4, 0.5) is 35.1 Å². The molecule has 1 atom stereocenters. The lowest BCUT2D eigenvalue weighted by Gasteiger charge is -2.41. The van der Waals surface area contributed by atoms with Crippen molar-refractivity contribution in [1.82, 2.24) is 0 Å².